The van der Waals surface area contributed by atoms with Gasteiger partial charge in [0.05, 0.1) is 51.8 Å². The number of aryl methyl sites for hydroxylation is 2. The van der Waals surface area contributed by atoms with E-state index in [9.17, 15) is 10.5 Å². The number of imidazole rings is 1. The Morgan fingerprint density at radius 1 is 0.914 bits per heavy atom. The third-order valence-electron chi connectivity index (χ3n) is 6.37. The molecule has 0 radical (unpaired) electrons. The Kier molecular flexibility index (Phi) is 5.19. The van der Waals surface area contributed by atoms with Crippen LogP contribution in [-0.4, -0.2) is 19.1 Å². The summed E-state index contributed by atoms with van der Waals surface area (Å²) < 4.78 is 3.79. The number of benzene rings is 2. The summed E-state index contributed by atoms with van der Waals surface area (Å²) in [5.41, 5.74) is 7.14. The van der Waals surface area contributed by atoms with Gasteiger partial charge in [-0.2, -0.15) is 10.5 Å². The molecule has 170 valence electrons. The molecule has 0 aliphatic heterocycles. The second-order valence-electron chi connectivity index (χ2n) is 9.13. The highest BCUT2D eigenvalue weighted by molar-refractivity contribution is 6.04. The summed E-state index contributed by atoms with van der Waals surface area (Å²) in [6.45, 7) is 5.74. The van der Waals surface area contributed by atoms with Gasteiger partial charge in [0.2, 0.25) is 11.8 Å². The fraction of sp³-hybridized carbons (Fsp3) is 0.179. The number of nitrogens with zero attached hydrogens (tertiary/aromatic N) is 7. The van der Waals surface area contributed by atoms with Crippen molar-refractivity contribution in [3.05, 3.63) is 83.9 Å². The van der Waals surface area contributed by atoms with Gasteiger partial charge in [-0.1, -0.05) is 35.9 Å². The molecule has 0 N–H and O–H groups in total. The molecule has 7 nitrogen and oxygen atoms in total. The van der Waals surface area contributed by atoms with Crippen LogP contribution in [0.3, 0.4) is 0 Å². The molecule has 0 aliphatic carbocycles. The van der Waals surface area contributed by atoms with Gasteiger partial charge in [0.25, 0.3) is 0 Å². The van der Waals surface area contributed by atoms with Crippen LogP contribution in [0, 0.1) is 29.7 Å². The van der Waals surface area contributed by atoms with E-state index in [-0.39, 0.29) is 0 Å². The molecule has 3 heterocycles. The van der Waals surface area contributed by atoms with Gasteiger partial charge in [0.15, 0.2) is 0 Å². The van der Waals surface area contributed by atoms with Crippen molar-refractivity contribution < 1.29 is 0 Å². The molecule has 0 atom stereocenters. The van der Waals surface area contributed by atoms with E-state index < -0.39 is 5.41 Å². The van der Waals surface area contributed by atoms with E-state index in [4.69, 9.17) is 0 Å². The van der Waals surface area contributed by atoms with E-state index in [1.807, 2.05) is 54.4 Å². The van der Waals surface area contributed by atoms with Crippen molar-refractivity contribution >= 4 is 21.9 Å². The third kappa shape index (κ3) is 3.64. The molecule has 5 aromatic rings. The van der Waals surface area contributed by atoms with Crippen LogP contribution in [0.15, 0.2) is 72.0 Å². The van der Waals surface area contributed by atoms with E-state index >= 15 is 0 Å². The Morgan fingerprint density at radius 3 is 2.31 bits per heavy atom. The Morgan fingerprint density at radius 2 is 1.66 bits per heavy atom. The molecule has 3 aromatic heterocycles. The van der Waals surface area contributed by atoms with Crippen LogP contribution in [0.1, 0.15) is 25.1 Å². The van der Waals surface area contributed by atoms with Crippen molar-refractivity contribution in [2.45, 2.75) is 26.2 Å². The fourth-order valence-corrected chi connectivity index (χ4v) is 4.29. The topological polar surface area (TPSA) is 95.6 Å². The zero-order valence-electron chi connectivity index (χ0n) is 20.0. The normalized spacial score (nSPS) is 12.1. The van der Waals surface area contributed by atoms with Crippen molar-refractivity contribution in [1.82, 2.24) is 19.1 Å². The SMILES string of the molecule is Cc1ccc(-c2ccc3ncc4c(c3c2)n(-c2ccc(C(C)(C)C#N)nc2)/c(=N\C#N)n4C)cc1. The second-order valence-corrected chi connectivity index (χ2v) is 9.13. The minimum absolute atomic E-state index is 0.464. The van der Waals surface area contributed by atoms with E-state index in [0.717, 1.165) is 38.8 Å². The summed E-state index contributed by atoms with van der Waals surface area (Å²) in [4.78, 5) is 13.4. The molecule has 0 bridgehead atoms. The van der Waals surface area contributed by atoms with Gasteiger partial charge in [-0.05, 0) is 56.2 Å². The number of aromatic nitrogens is 4. The van der Waals surface area contributed by atoms with E-state index in [1.165, 1.54) is 5.56 Å². The highest BCUT2D eigenvalue weighted by Gasteiger charge is 2.22. The number of pyridine rings is 2. The lowest BCUT2D eigenvalue weighted by atomic mass is 9.91. The summed E-state index contributed by atoms with van der Waals surface area (Å²) in [6.07, 6.45) is 5.46. The molecule has 0 spiro atoms. The average molecular weight is 458 g/mol. The van der Waals surface area contributed by atoms with Crippen molar-refractivity contribution in [3.8, 4) is 29.1 Å². The zero-order chi connectivity index (χ0) is 24.7. The molecule has 2 aromatic carbocycles. The summed E-state index contributed by atoms with van der Waals surface area (Å²) in [7, 11) is 1.87. The van der Waals surface area contributed by atoms with Gasteiger partial charge in [-0.3, -0.25) is 14.5 Å². The molecular formula is C28H23N7. The Labute approximate surface area is 202 Å². The van der Waals surface area contributed by atoms with Gasteiger partial charge in [-0.15, -0.1) is 4.99 Å². The summed E-state index contributed by atoms with van der Waals surface area (Å²) in [6, 6.07) is 20.7. The summed E-state index contributed by atoms with van der Waals surface area (Å²) in [5.74, 6) is 0. The van der Waals surface area contributed by atoms with Crippen LogP contribution in [0.5, 0.6) is 0 Å². The summed E-state index contributed by atoms with van der Waals surface area (Å²) >= 11 is 0. The largest absolute Gasteiger partial charge is 0.311 e. The van der Waals surface area contributed by atoms with Gasteiger partial charge in [0.1, 0.15) is 0 Å². The van der Waals surface area contributed by atoms with Crippen molar-refractivity contribution in [3.63, 3.8) is 0 Å². The summed E-state index contributed by atoms with van der Waals surface area (Å²) in [5, 5.41) is 19.9. The lowest BCUT2D eigenvalue weighted by molar-refractivity contribution is 0.658. The van der Waals surface area contributed by atoms with Crippen molar-refractivity contribution in [2.75, 3.05) is 0 Å². The smallest absolute Gasteiger partial charge is 0.226 e. The maximum absolute atomic E-state index is 9.49. The molecule has 0 amide bonds. The molecule has 0 saturated carbocycles. The Hall–Kier alpha value is -4.75. The Balaban J connectivity index is 1.84. The maximum Gasteiger partial charge on any atom is 0.226 e. The van der Waals surface area contributed by atoms with Crippen molar-refractivity contribution in [2.24, 2.45) is 12.0 Å². The third-order valence-corrected chi connectivity index (χ3v) is 6.37. The number of fused-ring (bicyclic) bond motifs is 3. The zero-order valence-corrected chi connectivity index (χ0v) is 20.0. The molecule has 5 rings (SSSR count). The lowest BCUT2D eigenvalue weighted by Crippen LogP contribution is -2.23. The number of hydrogen-bond donors (Lipinski definition) is 0. The first-order chi connectivity index (χ1) is 16.8. The highest BCUT2D eigenvalue weighted by Crippen LogP contribution is 2.30. The first-order valence-electron chi connectivity index (χ1n) is 11.2. The quantitative estimate of drug-likeness (QED) is 0.353. The molecule has 35 heavy (non-hydrogen) atoms. The molecular weight excluding hydrogens is 434 g/mol. The van der Waals surface area contributed by atoms with Gasteiger partial charge >= 0.3 is 0 Å². The predicted octanol–water partition coefficient (Wildman–Crippen LogP) is 5.07. The highest BCUT2D eigenvalue weighted by atomic mass is 15.2. The van der Waals surface area contributed by atoms with Crippen LogP contribution >= 0.6 is 0 Å². The molecule has 0 saturated heterocycles. The van der Waals surface area contributed by atoms with Gasteiger partial charge in [-0.25, -0.2) is 0 Å². The number of rotatable bonds is 3. The minimum atomic E-state index is -0.707. The Bertz CT molecular complexity index is 1740. The number of hydrogen-bond acceptors (Lipinski definition) is 5. The molecule has 7 heteroatoms. The minimum Gasteiger partial charge on any atom is -0.311 e. The van der Waals surface area contributed by atoms with E-state index in [2.05, 4.69) is 64.4 Å². The van der Waals surface area contributed by atoms with Crippen LogP contribution in [-0.2, 0) is 12.5 Å². The van der Waals surface area contributed by atoms with Gasteiger partial charge in [0, 0.05) is 12.4 Å². The molecule has 0 fully saturated rings. The monoisotopic (exact) mass is 457 g/mol. The fourth-order valence-electron chi connectivity index (χ4n) is 4.29. The van der Waals surface area contributed by atoms with Crippen molar-refractivity contribution in [1.29, 1.82) is 10.5 Å². The first-order valence-corrected chi connectivity index (χ1v) is 11.2. The van der Waals surface area contributed by atoms with E-state index in [0.29, 0.717) is 11.3 Å². The standard InChI is InChI=1S/C28H23N7/c1-18-5-7-19(8-6-18)20-9-11-23-22(13-20)26-24(15-31-23)34(4)27(33-17-30)35(26)21-10-12-25(32-14-21)28(2,3)16-29/h5-15H,1-4H3/b33-27-. The van der Waals surface area contributed by atoms with E-state index in [1.54, 1.807) is 12.4 Å². The van der Waals surface area contributed by atoms with Crippen LogP contribution in [0.2, 0.25) is 0 Å². The molecule has 0 aliphatic rings. The molecule has 0 unspecified atom stereocenters. The second kappa shape index (κ2) is 8.23. The van der Waals surface area contributed by atoms with Crippen LogP contribution in [0.25, 0.3) is 38.8 Å². The predicted molar refractivity (Wildman–Crippen MR) is 135 cm³/mol. The average Bonchev–Trinajstić information content (AvgIpc) is 3.16. The maximum atomic E-state index is 9.49. The van der Waals surface area contributed by atoms with Crippen LogP contribution < -0.4 is 5.62 Å². The first kappa shape index (κ1) is 22.1. The van der Waals surface area contributed by atoms with Crippen LogP contribution in [0.4, 0.5) is 0 Å². The van der Waals surface area contributed by atoms with Gasteiger partial charge < -0.3 is 4.57 Å². The lowest BCUT2D eigenvalue weighted by Gasteiger charge is -2.15. The number of nitriles is 2.